The van der Waals surface area contributed by atoms with E-state index in [1.807, 2.05) is 16.7 Å². The molecule has 0 unspecified atom stereocenters. The van der Waals surface area contributed by atoms with Crippen LogP contribution in [0.5, 0.6) is 0 Å². The summed E-state index contributed by atoms with van der Waals surface area (Å²) in [6.07, 6.45) is 3.86. The number of rotatable bonds is 7. The summed E-state index contributed by atoms with van der Waals surface area (Å²) in [5.41, 5.74) is 0. The number of nitrogens with one attached hydrogen (secondary N) is 2. The number of urea groups is 1. The summed E-state index contributed by atoms with van der Waals surface area (Å²) >= 11 is 1.27. The number of imide groups is 1. The van der Waals surface area contributed by atoms with Crippen LogP contribution in [-0.2, 0) is 11.3 Å². The van der Waals surface area contributed by atoms with Crippen molar-refractivity contribution in [2.45, 2.75) is 50.6 Å². The zero-order valence-corrected chi connectivity index (χ0v) is 17.9. The van der Waals surface area contributed by atoms with Crippen LogP contribution in [0.1, 0.15) is 39.4 Å². The normalized spacial score (nSPS) is 15.9. The fraction of sp³-hybridized carbons (Fsp3) is 0.579. The molecule has 158 valence electrons. The summed E-state index contributed by atoms with van der Waals surface area (Å²) in [7, 11) is 0. The molecule has 10 heteroatoms. The summed E-state index contributed by atoms with van der Waals surface area (Å²) < 4.78 is 7.50. The van der Waals surface area contributed by atoms with Crippen molar-refractivity contribution >= 4 is 29.6 Å². The number of carbonyl (C=O) groups excluding carboxylic acids is 2. The number of hydrogen-bond donors (Lipinski definition) is 2. The van der Waals surface area contributed by atoms with Gasteiger partial charge in [-0.25, -0.2) is 4.79 Å². The first-order valence-corrected chi connectivity index (χ1v) is 10.8. The molecule has 2 N–H and O–H groups in total. The van der Waals surface area contributed by atoms with Gasteiger partial charge in [-0.3, -0.25) is 14.7 Å². The summed E-state index contributed by atoms with van der Waals surface area (Å²) in [4.78, 5) is 26.2. The third-order valence-electron chi connectivity index (χ3n) is 4.88. The minimum absolute atomic E-state index is 0.373. The van der Waals surface area contributed by atoms with Gasteiger partial charge >= 0.3 is 6.03 Å². The molecule has 1 atom stereocenters. The van der Waals surface area contributed by atoms with Crippen LogP contribution in [0.4, 0.5) is 10.7 Å². The maximum Gasteiger partial charge on any atom is 0.321 e. The number of anilines is 1. The Kier molecular flexibility index (Phi) is 7.18. The standard InChI is InChI=1S/C19H28N6O3S/c1-4-20-17(27)21-16(26)14(3)29-19-23-22-18(24-9-7-13(2)8-10-24)25(19)12-15-6-5-11-28-15/h5-6,11,13-14H,4,7-10,12H2,1-3H3,(H2,20,21,26,27)/t14-/m0/s1. The average Bonchev–Trinajstić information content (AvgIpc) is 3.34. The highest BCUT2D eigenvalue weighted by molar-refractivity contribution is 8.00. The van der Waals surface area contributed by atoms with Gasteiger partial charge in [0.1, 0.15) is 5.76 Å². The molecular formula is C19H28N6O3S. The van der Waals surface area contributed by atoms with Crippen molar-refractivity contribution in [2.75, 3.05) is 24.5 Å². The van der Waals surface area contributed by atoms with E-state index >= 15 is 0 Å². The van der Waals surface area contributed by atoms with E-state index in [2.05, 4.69) is 32.7 Å². The van der Waals surface area contributed by atoms with Gasteiger partial charge in [-0.15, -0.1) is 10.2 Å². The van der Waals surface area contributed by atoms with E-state index in [-0.39, 0.29) is 5.91 Å². The predicted molar refractivity (Wildman–Crippen MR) is 111 cm³/mol. The zero-order valence-electron chi connectivity index (χ0n) is 17.1. The number of nitrogens with zero attached hydrogens (tertiary/aromatic N) is 4. The van der Waals surface area contributed by atoms with Crippen molar-refractivity contribution in [1.82, 2.24) is 25.4 Å². The number of furan rings is 1. The molecule has 3 heterocycles. The maximum absolute atomic E-state index is 12.3. The van der Waals surface area contributed by atoms with Gasteiger partial charge in [-0.05, 0) is 44.7 Å². The van der Waals surface area contributed by atoms with E-state index in [1.54, 1.807) is 20.1 Å². The Labute approximate surface area is 174 Å². The molecule has 3 amide bonds. The van der Waals surface area contributed by atoms with Gasteiger partial charge in [-0.1, -0.05) is 18.7 Å². The number of carbonyl (C=O) groups is 2. The molecule has 3 rings (SSSR count). The number of amides is 3. The van der Waals surface area contributed by atoms with Crippen molar-refractivity contribution in [3.63, 3.8) is 0 Å². The Morgan fingerprint density at radius 2 is 2.10 bits per heavy atom. The van der Waals surface area contributed by atoms with Gasteiger partial charge in [0.05, 0.1) is 18.1 Å². The Morgan fingerprint density at radius 3 is 2.76 bits per heavy atom. The Morgan fingerprint density at radius 1 is 1.34 bits per heavy atom. The monoisotopic (exact) mass is 420 g/mol. The molecule has 29 heavy (non-hydrogen) atoms. The first-order valence-electron chi connectivity index (χ1n) is 9.93. The predicted octanol–water partition coefficient (Wildman–Crippen LogP) is 2.48. The molecule has 1 fully saturated rings. The van der Waals surface area contributed by atoms with Crippen LogP contribution in [-0.4, -0.2) is 51.6 Å². The Bertz CT molecular complexity index is 814. The van der Waals surface area contributed by atoms with E-state index in [0.29, 0.717) is 24.2 Å². The minimum Gasteiger partial charge on any atom is -0.467 e. The van der Waals surface area contributed by atoms with Gasteiger partial charge in [0.15, 0.2) is 5.16 Å². The summed E-state index contributed by atoms with van der Waals surface area (Å²) in [6, 6.07) is 3.25. The van der Waals surface area contributed by atoms with Gasteiger partial charge in [-0.2, -0.15) is 0 Å². The van der Waals surface area contributed by atoms with E-state index < -0.39 is 11.3 Å². The largest absolute Gasteiger partial charge is 0.467 e. The van der Waals surface area contributed by atoms with Crippen LogP contribution < -0.4 is 15.5 Å². The molecule has 0 aliphatic carbocycles. The van der Waals surface area contributed by atoms with Crippen molar-refractivity contribution in [3.05, 3.63) is 24.2 Å². The fourth-order valence-corrected chi connectivity index (χ4v) is 3.98. The first-order chi connectivity index (χ1) is 14.0. The lowest BCUT2D eigenvalue weighted by molar-refractivity contribution is -0.119. The average molecular weight is 421 g/mol. The second kappa shape index (κ2) is 9.82. The van der Waals surface area contributed by atoms with E-state index in [4.69, 9.17) is 4.42 Å². The van der Waals surface area contributed by atoms with Gasteiger partial charge in [0.2, 0.25) is 11.9 Å². The Hall–Kier alpha value is -2.49. The van der Waals surface area contributed by atoms with Crippen LogP contribution in [0, 0.1) is 5.92 Å². The first kappa shape index (κ1) is 21.2. The van der Waals surface area contributed by atoms with E-state index in [1.165, 1.54) is 11.8 Å². The molecule has 0 saturated carbocycles. The molecule has 1 aliphatic rings. The molecule has 2 aromatic heterocycles. The van der Waals surface area contributed by atoms with Gasteiger partial charge in [0, 0.05) is 19.6 Å². The molecule has 2 aromatic rings. The fourth-order valence-electron chi connectivity index (χ4n) is 3.14. The zero-order chi connectivity index (χ0) is 20.8. The SMILES string of the molecule is CCNC(=O)NC(=O)[C@H](C)Sc1nnc(N2CCC(C)CC2)n1Cc1ccco1. The van der Waals surface area contributed by atoms with Crippen LogP contribution in [0.3, 0.4) is 0 Å². The van der Waals surface area contributed by atoms with Crippen LogP contribution in [0.2, 0.25) is 0 Å². The van der Waals surface area contributed by atoms with E-state index in [9.17, 15) is 9.59 Å². The second-order valence-electron chi connectivity index (χ2n) is 7.23. The van der Waals surface area contributed by atoms with Crippen LogP contribution in [0.15, 0.2) is 28.0 Å². The highest BCUT2D eigenvalue weighted by Crippen LogP contribution is 2.29. The van der Waals surface area contributed by atoms with Gasteiger partial charge < -0.3 is 14.6 Å². The highest BCUT2D eigenvalue weighted by atomic mass is 32.2. The molecule has 0 bridgehead atoms. The van der Waals surface area contributed by atoms with E-state index in [0.717, 1.165) is 37.6 Å². The van der Waals surface area contributed by atoms with Crippen LogP contribution in [0.25, 0.3) is 0 Å². The summed E-state index contributed by atoms with van der Waals surface area (Å²) in [6.45, 7) is 8.59. The topological polar surface area (TPSA) is 105 Å². The molecule has 0 radical (unpaired) electrons. The third-order valence-corrected chi connectivity index (χ3v) is 5.96. The van der Waals surface area contributed by atoms with Crippen LogP contribution >= 0.6 is 11.8 Å². The lowest BCUT2D eigenvalue weighted by Crippen LogP contribution is -2.42. The number of thioether (sulfide) groups is 1. The maximum atomic E-state index is 12.3. The van der Waals surface area contributed by atoms with Crippen molar-refractivity contribution in [2.24, 2.45) is 5.92 Å². The molecule has 0 aromatic carbocycles. The molecule has 9 nitrogen and oxygen atoms in total. The number of aromatic nitrogens is 3. The summed E-state index contributed by atoms with van der Waals surface area (Å²) in [5, 5.41) is 13.8. The molecule has 1 saturated heterocycles. The quantitative estimate of drug-likeness (QED) is 0.663. The molecular weight excluding hydrogens is 392 g/mol. The van der Waals surface area contributed by atoms with Gasteiger partial charge in [0.25, 0.3) is 0 Å². The number of piperidine rings is 1. The number of hydrogen-bond acceptors (Lipinski definition) is 7. The van der Waals surface area contributed by atoms with Crippen molar-refractivity contribution < 1.29 is 14.0 Å². The lowest BCUT2D eigenvalue weighted by Gasteiger charge is -2.31. The van der Waals surface area contributed by atoms with Crippen molar-refractivity contribution in [1.29, 1.82) is 0 Å². The minimum atomic E-state index is -0.508. The second-order valence-corrected chi connectivity index (χ2v) is 8.53. The highest BCUT2D eigenvalue weighted by Gasteiger charge is 2.26. The lowest BCUT2D eigenvalue weighted by atomic mass is 10.00. The Balaban J connectivity index is 1.76. The molecule has 1 aliphatic heterocycles. The summed E-state index contributed by atoms with van der Waals surface area (Å²) in [5.74, 6) is 1.91. The third kappa shape index (κ3) is 5.53. The molecule has 0 spiro atoms. The smallest absolute Gasteiger partial charge is 0.321 e. The van der Waals surface area contributed by atoms with Crippen molar-refractivity contribution in [3.8, 4) is 0 Å².